The molecule has 0 aliphatic carbocycles. The van der Waals surface area contributed by atoms with Crippen LogP contribution in [0.1, 0.15) is 19.0 Å². The van der Waals surface area contributed by atoms with Gasteiger partial charge in [0.1, 0.15) is 5.69 Å². The van der Waals surface area contributed by atoms with Gasteiger partial charge in [-0.15, -0.1) is 0 Å². The molecule has 18 heavy (non-hydrogen) atoms. The largest absolute Gasteiger partial charge is 0.394 e. The minimum absolute atomic E-state index is 0.0914. The van der Waals surface area contributed by atoms with Crippen LogP contribution >= 0.6 is 0 Å². The highest BCUT2D eigenvalue weighted by Crippen LogP contribution is 2.29. The molecule has 0 aliphatic rings. The van der Waals surface area contributed by atoms with Crippen LogP contribution in [0.3, 0.4) is 0 Å². The molecule has 0 amide bonds. The second-order valence-corrected chi connectivity index (χ2v) is 3.98. The lowest BCUT2D eigenvalue weighted by molar-refractivity contribution is -0.384. The van der Waals surface area contributed by atoms with Crippen LogP contribution in [0.2, 0.25) is 0 Å². The van der Waals surface area contributed by atoms with E-state index in [0.29, 0.717) is 12.1 Å². The highest BCUT2D eigenvalue weighted by molar-refractivity contribution is 5.60. The van der Waals surface area contributed by atoms with Crippen LogP contribution in [-0.4, -0.2) is 44.2 Å². The molecule has 1 rings (SSSR count). The van der Waals surface area contributed by atoms with Gasteiger partial charge in [-0.25, -0.2) is 4.68 Å². The Hall–Kier alpha value is -1.67. The summed E-state index contributed by atoms with van der Waals surface area (Å²) in [7, 11) is 1.58. The van der Waals surface area contributed by atoms with E-state index in [0.717, 1.165) is 6.42 Å². The first-order valence-corrected chi connectivity index (χ1v) is 5.73. The summed E-state index contributed by atoms with van der Waals surface area (Å²) in [5.74, 6) is 0.205. The number of aromatic nitrogens is 2. The molecule has 0 radical (unpaired) electrons. The molecule has 8 nitrogen and oxygen atoms in total. The molecule has 0 fully saturated rings. The third-order valence-corrected chi connectivity index (χ3v) is 2.54. The fourth-order valence-electron chi connectivity index (χ4n) is 1.67. The number of aryl methyl sites for hydroxylation is 2. The van der Waals surface area contributed by atoms with Gasteiger partial charge >= 0.3 is 5.69 Å². The van der Waals surface area contributed by atoms with E-state index in [9.17, 15) is 10.1 Å². The lowest BCUT2D eigenvalue weighted by atomic mass is 10.2. The van der Waals surface area contributed by atoms with Gasteiger partial charge in [-0.05, 0) is 6.42 Å². The Balaban J connectivity index is 3.12. The number of hydrogen-bond donors (Lipinski definition) is 3. The van der Waals surface area contributed by atoms with E-state index in [1.165, 1.54) is 4.68 Å². The average molecular weight is 258 g/mol. The minimum atomic E-state index is -0.645. The first-order chi connectivity index (χ1) is 8.54. The van der Waals surface area contributed by atoms with Gasteiger partial charge in [0, 0.05) is 7.05 Å². The second-order valence-electron chi connectivity index (χ2n) is 3.98. The maximum atomic E-state index is 11.1. The van der Waals surface area contributed by atoms with Gasteiger partial charge in [0.25, 0.3) is 0 Å². The Labute approximate surface area is 104 Å². The lowest BCUT2D eigenvalue weighted by Gasteiger charge is -2.13. The number of hydrogen-bond acceptors (Lipinski definition) is 6. The molecule has 0 unspecified atom stereocenters. The van der Waals surface area contributed by atoms with Crippen molar-refractivity contribution >= 4 is 11.5 Å². The first kappa shape index (κ1) is 14.4. The molecule has 3 N–H and O–H groups in total. The molecule has 8 heteroatoms. The fourth-order valence-corrected chi connectivity index (χ4v) is 1.67. The normalized spacial score (nSPS) is 10.9. The Morgan fingerprint density at radius 3 is 2.56 bits per heavy atom. The van der Waals surface area contributed by atoms with E-state index >= 15 is 0 Å². The van der Waals surface area contributed by atoms with Crippen LogP contribution in [0.25, 0.3) is 0 Å². The molecule has 0 bridgehead atoms. The topological polar surface area (TPSA) is 113 Å². The van der Waals surface area contributed by atoms with E-state index in [2.05, 4.69) is 10.4 Å². The summed E-state index contributed by atoms with van der Waals surface area (Å²) in [6.07, 6.45) is 1.26. The Morgan fingerprint density at radius 1 is 1.50 bits per heavy atom. The molecule has 1 heterocycles. The fraction of sp³-hybridized carbons (Fsp3) is 0.700. The molecular weight excluding hydrogens is 240 g/mol. The van der Waals surface area contributed by atoms with Crippen molar-refractivity contribution in [1.29, 1.82) is 0 Å². The van der Waals surface area contributed by atoms with Crippen LogP contribution in [0.15, 0.2) is 0 Å². The van der Waals surface area contributed by atoms with Gasteiger partial charge in [0.05, 0.1) is 24.2 Å². The monoisotopic (exact) mass is 258 g/mol. The van der Waals surface area contributed by atoms with Crippen molar-refractivity contribution in [3.8, 4) is 0 Å². The Kier molecular flexibility index (Phi) is 5.05. The van der Waals surface area contributed by atoms with Gasteiger partial charge in [0.2, 0.25) is 5.82 Å². The summed E-state index contributed by atoms with van der Waals surface area (Å²) in [4.78, 5) is 10.6. The van der Waals surface area contributed by atoms with Crippen molar-refractivity contribution in [1.82, 2.24) is 9.78 Å². The molecular formula is C10H18N4O4. The predicted molar refractivity (Wildman–Crippen MR) is 65.4 cm³/mol. The van der Waals surface area contributed by atoms with Gasteiger partial charge in [-0.1, -0.05) is 13.3 Å². The van der Waals surface area contributed by atoms with Crippen molar-refractivity contribution in [3.05, 3.63) is 15.8 Å². The van der Waals surface area contributed by atoms with Crippen LogP contribution in [0.5, 0.6) is 0 Å². The van der Waals surface area contributed by atoms with Crippen LogP contribution in [0.4, 0.5) is 11.5 Å². The number of nitrogens with zero attached hydrogens (tertiary/aromatic N) is 3. The number of aliphatic hydroxyl groups is 2. The number of nitrogens with one attached hydrogen (secondary N) is 1. The average Bonchev–Trinajstić information content (AvgIpc) is 2.63. The zero-order chi connectivity index (χ0) is 13.7. The minimum Gasteiger partial charge on any atom is -0.394 e. The highest BCUT2D eigenvalue weighted by Gasteiger charge is 2.27. The Bertz CT molecular complexity index is 414. The number of nitro groups is 1. The Morgan fingerprint density at radius 2 is 2.11 bits per heavy atom. The van der Waals surface area contributed by atoms with Crippen LogP contribution < -0.4 is 5.32 Å². The zero-order valence-electron chi connectivity index (χ0n) is 10.5. The van der Waals surface area contributed by atoms with Crippen molar-refractivity contribution < 1.29 is 15.1 Å². The molecule has 1 aromatic rings. The number of rotatable bonds is 7. The standard InChI is InChI=1S/C10H18N4O4/c1-3-4-8-9(14(17)18)10(13(2)12-8)11-7(5-15)6-16/h7,11,15-16H,3-6H2,1-2H3. The van der Waals surface area contributed by atoms with E-state index in [1.54, 1.807) is 7.05 Å². The summed E-state index contributed by atoms with van der Waals surface area (Å²) in [6, 6.07) is -0.645. The third kappa shape index (κ3) is 2.96. The summed E-state index contributed by atoms with van der Waals surface area (Å²) >= 11 is 0. The molecule has 1 aromatic heterocycles. The second kappa shape index (κ2) is 6.31. The van der Waals surface area contributed by atoms with Crippen molar-refractivity contribution in [3.63, 3.8) is 0 Å². The summed E-state index contributed by atoms with van der Waals surface area (Å²) in [5.41, 5.74) is 0.313. The van der Waals surface area contributed by atoms with E-state index in [4.69, 9.17) is 10.2 Å². The predicted octanol–water partition coefficient (Wildman–Crippen LogP) is 0.0459. The SMILES string of the molecule is CCCc1nn(C)c(NC(CO)CO)c1[N+](=O)[O-]. The van der Waals surface area contributed by atoms with Crippen molar-refractivity contribution in [2.45, 2.75) is 25.8 Å². The summed E-state index contributed by atoms with van der Waals surface area (Å²) in [6.45, 7) is 1.28. The van der Waals surface area contributed by atoms with Gasteiger partial charge in [-0.3, -0.25) is 10.1 Å². The van der Waals surface area contributed by atoms with E-state index in [1.807, 2.05) is 6.92 Å². The number of anilines is 1. The molecule has 102 valence electrons. The molecule has 0 saturated heterocycles. The van der Waals surface area contributed by atoms with Crippen molar-refractivity contribution in [2.24, 2.45) is 7.05 Å². The van der Waals surface area contributed by atoms with E-state index in [-0.39, 0.29) is 24.7 Å². The van der Waals surface area contributed by atoms with Crippen LogP contribution in [0, 0.1) is 10.1 Å². The quantitative estimate of drug-likeness (QED) is 0.470. The zero-order valence-corrected chi connectivity index (χ0v) is 10.5. The summed E-state index contributed by atoms with van der Waals surface area (Å²) < 4.78 is 1.36. The molecule has 0 aliphatic heterocycles. The van der Waals surface area contributed by atoms with Crippen molar-refractivity contribution in [2.75, 3.05) is 18.5 Å². The maximum Gasteiger partial charge on any atom is 0.334 e. The van der Waals surface area contributed by atoms with Gasteiger partial charge < -0.3 is 15.5 Å². The lowest BCUT2D eigenvalue weighted by Crippen LogP contribution is -2.29. The third-order valence-electron chi connectivity index (χ3n) is 2.54. The maximum absolute atomic E-state index is 11.1. The molecule has 0 aromatic carbocycles. The molecule has 0 spiro atoms. The van der Waals surface area contributed by atoms with Gasteiger partial charge in [0.15, 0.2) is 0 Å². The molecule has 0 saturated carbocycles. The summed E-state index contributed by atoms with van der Waals surface area (Å²) in [5, 5.41) is 35.9. The first-order valence-electron chi connectivity index (χ1n) is 5.73. The van der Waals surface area contributed by atoms with Gasteiger partial charge in [-0.2, -0.15) is 5.10 Å². The molecule has 0 atom stereocenters. The smallest absolute Gasteiger partial charge is 0.334 e. The van der Waals surface area contributed by atoms with Crippen LogP contribution in [-0.2, 0) is 13.5 Å². The van der Waals surface area contributed by atoms with E-state index < -0.39 is 11.0 Å². The number of aliphatic hydroxyl groups excluding tert-OH is 2. The highest BCUT2D eigenvalue weighted by atomic mass is 16.6.